The second kappa shape index (κ2) is 47.7. The summed E-state index contributed by atoms with van der Waals surface area (Å²) in [6, 6.07) is 65.4. The van der Waals surface area contributed by atoms with E-state index in [9.17, 15) is 0 Å². The number of hydrogen-bond acceptors (Lipinski definition) is 2. The Morgan fingerprint density at radius 3 is 0.895 bits per heavy atom. The normalized spacial score (nSPS) is 13.1. The number of para-hydroxylation sites is 4. The fourth-order valence-corrected chi connectivity index (χ4v) is 15.6. The van der Waals surface area contributed by atoms with Crippen LogP contribution in [0.1, 0.15) is 381 Å². The van der Waals surface area contributed by atoms with Crippen LogP contribution in [0, 0.1) is 77.8 Å². The number of aryl methyl sites for hydroxylation is 7. The van der Waals surface area contributed by atoms with Crippen LogP contribution in [0.4, 0.5) is 22.7 Å². The molecule has 0 aliphatic rings. The Balaban J connectivity index is 0.000000374. The summed E-state index contributed by atoms with van der Waals surface area (Å²) in [6.45, 7) is 73.5. The molecule has 0 fully saturated rings. The second-order valence-electron chi connectivity index (χ2n) is 38.0. The van der Waals surface area contributed by atoms with Gasteiger partial charge in [-0.3, -0.25) is 0 Å². The molecule has 114 heavy (non-hydrogen) atoms. The molecule has 0 N–H and O–H groups in total. The van der Waals surface area contributed by atoms with E-state index in [-0.39, 0.29) is 28.7 Å². The molecule has 2 nitrogen and oxygen atoms in total. The second-order valence-corrected chi connectivity index (χ2v) is 38.0. The molecule has 0 amide bonds. The maximum atomic E-state index is 7.95. The Hall–Kier alpha value is -7.42. The first-order valence-electron chi connectivity index (χ1n) is 48.2. The third-order valence-electron chi connectivity index (χ3n) is 22.7. The summed E-state index contributed by atoms with van der Waals surface area (Å²) >= 11 is 0. The molecular formula is C112H168N2. The van der Waals surface area contributed by atoms with Gasteiger partial charge in [0.2, 0.25) is 0 Å². The van der Waals surface area contributed by atoms with Crippen molar-refractivity contribution in [1.29, 1.82) is 0 Å². The number of anilines is 4. The molecular weight excluding hydrogens is 1370 g/mol. The maximum absolute atomic E-state index is 7.95. The van der Waals surface area contributed by atoms with Crippen molar-refractivity contribution in [3.63, 3.8) is 0 Å². The number of rotatable bonds is 23. The van der Waals surface area contributed by atoms with E-state index < -0.39 is 20.6 Å². The molecule has 0 spiro atoms. The largest absolute Gasteiger partial charge is 0.338 e. The highest BCUT2D eigenvalue weighted by atomic mass is 15.2. The van der Waals surface area contributed by atoms with E-state index in [0.717, 1.165) is 46.3 Å². The first kappa shape index (κ1) is 85.9. The van der Waals surface area contributed by atoms with E-state index >= 15 is 0 Å². The Kier molecular flexibility index (Phi) is 36.0. The van der Waals surface area contributed by atoms with Crippen molar-refractivity contribution < 1.29 is 12.3 Å². The molecule has 2 heteroatoms. The third kappa shape index (κ3) is 29.6. The summed E-state index contributed by atoms with van der Waals surface area (Å²) in [5.41, 5.74) is 27.5. The highest BCUT2D eigenvalue weighted by Crippen LogP contribution is 2.42. The van der Waals surface area contributed by atoms with E-state index in [1.54, 1.807) is 23.8 Å². The van der Waals surface area contributed by atoms with Crippen molar-refractivity contribution in [2.75, 3.05) is 9.80 Å². The van der Waals surface area contributed by atoms with Gasteiger partial charge in [-0.15, -0.1) is 0 Å². The Bertz CT molecular complexity index is 4600. The van der Waals surface area contributed by atoms with Gasteiger partial charge in [0.25, 0.3) is 0 Å². The van der Waals surface area contributed by atoms with Gasteiger partial charge < -0.3 is 9.80 Å². The lowest BCUT2D eigenvalue weighted by atomic mass is 9.71. The standard InChI is InChI=1S/2C20H27N.C16H26.C15H24.2C14H22.C13H20/c2*1-14(2)18-12-7-8-13-19(18)21(15(3)4)20-16(5)10-9-11-17(20)6;1-11(2)15-13(5)9-8-10-14(15)16(6,7)12(3)4;1-11(2)13-9-7-8-10-14(13)15(5,6)12(3)4;2*1-10(2)9-13-8-6-7-12(5)14(13)11(3)4;1-10(2)9-12-7-5-6-8-13(12)11(3)4/h2*7-15H,1-6H3;8-12H,1-7H3;7-12H,1-6H3;2*6-8,10-11H,9H2,1-5H3;5-8,10-11H,9H2,1-4H3/i5D3;;5D3;;5D3;;. The van der Waals surface area contributed by atoms with Crippen LogP contribution in [-0.4, -0.2) is 12.1 Å². The van der Waals surface area contributed by atoms with E-state index in [1.807, 2.05) is 43.3 Å². The summed E-state index contributed by atoms with van der Waals surface area (Å²) in [7, 11) is 0. The van der Waals surface area contributed by atoms with Crippen molar-refractivity contribution in [2.45, 2.75) is 353 Å². The van der Waals surface area contributed by atoms with Crippen molar-refractivity contribution in [1.82, 2.24) is 0 Å². The van der Waals surface area contributed by atoms with E-state index in [2.05, 4.69) is 386 Å². The van der Waals surface area contributed by atoms with Crippen LogP contribution in [0.15, 0.2) is 188 Å². The zero-order chi connectivity index (χ0) is 94.1. The van der Waals surface area contributed by atoms with Gasteiger partial charge in [-0.2, -0.15) is 0 Å². The van der Waals surface area contributed by atoms with Crippen molar-refractivity contribution in [3.8, 4) is 0 Å². The Morgan fingerprint density at radius 1 is 0.254 bits per heavy atom. The highest BCUT2D eigenvalue weighted by molar-refractivity contribution is 5.74. The summed E-state index contributed by atoms with van der Waals surface area (Å²) in [6.07, 6.45) is 3.35. The molecule has 9 aromatic carbocycles. The molecule has 0 heterocycles. The van der Waals surface area contributed by atoms with Crippen LogP contribution in [0.25, 0.3) is 0 Å². The van der Waals surface area contributed by atoms with Gasteiger partial charge >= 0.3 is 0 Å². The van der Waals surface area contributed by atoms with Crippen LogP contribution in [0.5, 0.6) is 0 Å². The van der Waals surface area contributed by atoms with Gasteiger partial charge in [-0.25, -0.2) is 0 Å². The highest BCUT2D eigenvalue weighted by Gasteiger charge is 2.30. The molecule has 0 aliphatic heterocycles. The van der Waals surface area contributed by atoms with Crippen molar-refractivity contribution in [2.24, 2.45) is 29.6 Å². The average molecular weight is 1550 g/mol. The predicted molar refractivity (Wildman–Crippen MR) is 516 cm³/mol. The predicted octanol–water partition coefficient (Wildman–Crippen LogP) is 34.4. The van der Waals surface area contributed by atoms with E-state index in [0.29, 0.717) is 70.1 Å². The molecule has 0 aromatic heterocycles. The fourth-order valence-electron chi connectivity index (χ4n) is 15.6. The minimum Gasteiger partial charge on any atom is -0.338 e. The monoisotopic (exact) mass is 1550 g/mol. The van der Waals surface area contributed by atoms with Crippen LogP contribution >= 0.6 is 0 Å². The Morgan fingerprint density at radius 2 is 0.526 bits per heavy atom. The van der Waals surface area contributed by atoms with Crippen LogP contribution in [-0.2, 0) is 30.1 Å². The van der Waals surface area contributed by atoms with E-state index in [4.69, 9.17) is 12.3 Å². The minimum absolute atomic E-state index is 0.0269. The lowest BCUT2D eigenvalue weighted by Gasteiger charge is -2.34. The topological polar surface area (TPSA) is 6.48 Å². The summed E-state index contributed by atoms with van der Waals surface area (Å²) in [5, 5.41) is 0. The summed E-state index contributed by atoms with van der Waals surface area (Å²) < 4.78 is 70.0. The van der Waals surface area contributed by atoms with E-state index in [1.165, 1.54) is 91.0 Å². The lowest BCUT2D eigenvalue weighted by molar-refractivity contribution is 0.368. The van der Waals surface area contributed by atoms with Crippen molar-refractivity contribution >= 4 is 22.7 Å². The molecule has 0 bridgehead atoms. The lowest BCUT2D eigenvalue weighted by Crippen LogP contribution is -2.28. The maximum Gasteiger partial charge on any atom is 0.0472 e. The summed E-state index contributed by atoms with van der Waals surface area (Å²) in [5.74, 6) is 6.40. The Labute approximate surface area is 717 Å². The van der Waals surface area contributed by atoms with Gasteiger partial charge in [-0.1, -0.05) is 370 Å². The molecule has 9 rings (SSSR count). The quantitative estimate of drug-likeness (QED) is 0.0630. The summed E-state index contributed by atoms with van der Waals surface area (Å²) in [4.78, 5) is 4.66. The van der Waals surface area contributed by atoms with Gasteiger partial charge in [0.05, 0.1) is 0 Å². The number of hydrogen-bond donors (Lipinski definition) is 0. The SMILES string of the molecule is CC(C)Cc1ccccc1C(C)C.CC(C)c1ccccc1C(C)(C)C(C)C.Cc1cccc(C)c1N(c1ccccc1C(C)C)C(C)C.Cc1cccc(CC(C)C)c1C(C)C.[2H]C([2H])([2H])c1cccc(C(C)(C)C(C)C)c1C(C)C.[2H]C([2H])([2H])c1cccc(C)c1N(c1ccccc1C(C)C)C(C)C.[2H]C([2H])([2H])c1cccc(CC(C)C)c1C(C)C. The van der Waals surface area contributed by atoms with Gasteiger partial charge in [0, 0.05) is 47.2 Å². The van der Waals surface area contributed by atoms with Gasteiger partial charge in [-0.05, 0) is 295 Å². The van der Waals surface area contributed by atoms with Crippen LogP contribution in [0.2, 0.25) is 0 Å². The molecule has 0 saturated carbocycles. The smallest absolute Gasteiger partial charge is 0.0472 e. The zero-order valence-corrected chi connectivity index (χ0v) is 79.0. The molecule has 0 radical (unpaired) electrons. The average Bonchev–Trinajstić information content (AvgIpc) is 0.771. The third-order valence-corrected chi connectivity index (χ3v) is 22.7. The zero-order valence-electron chi connectivity index (χ0n) is 88.0. The molecule has 0 aliphatic carbocycles. The minimum atomic E-state index is -2.14. The van der Waals surface area contributed by atoms with Crippen molar-refractivity contribution in [3.05, 3.63) is 294 Å². The first-order valence-corrected chi connectivity index (χ1v) is 43.7. The number of nitrogens with zero attached hydrogens (tertiary/aromatic N) is 2. The number of benzene rings is 9. The molecule has 9 aromatic rings. The molecule has 626 valence electrons. The fraction of sp³-hybridized carbons (Fsp3) is 0.518. The van der Waals surface area contributed by atoms with Gasteiger partial charge in [0.15, 0.2) is 0 Å². The van der Waals surface area contributed by atoms with Gasteiger partial charge in [0.1, 0.15) is 0 Å². The van der Waals surface area contributed by atoms with Crippen LogP contribution < -0.4 is 9.80 Å². The molecule has 0 saturated heterocycles. The molecule has 0 unspecified atom stereocenters. The van der Waals surface area contributed by atoms with Crippen LogP contribution in [0.3, 0.4) is 0 Å². The molecule has 0 atom stereocenters. The first-order chi connectivity index (χ1) is 56.8.